The molecule has 3 aliphatic heterocycles. The van der Waals surface area contributed by atoms with Crippen molar-refractivity contribution in [2.75, 3.05) is 4.90 Å². The molecule has 1 spiro atoms. The zero-order valence-electron chi connectivity index (χ0n) is 20.4. The number of nitrogens with zero attached hydrogens (tertiary/aromatic N) is 5. The highest BCUT2D eigenvalue weighted by Gasteiger charge is 2.56. The van der Waals surface area contributed by atoms with Gasteiger partial charge in [-0.15, -0.1) is 0 Å². The van der Waals surface area contributed by atoms with Gasteiger partial charge in [-0.05, 0) is 63.1 Å². The van der Waals surface area contributed by atoms with E-state index in [2.05, 4.69) is 38.1 Å². The number of oxime groups is 1. The minimum Gasteiger partial charge on any atom is -0.381 e. The average Bonchev–Trinajstić information content (AvgIpc) is 2.97. The van der Waals surface area contributed by atoms with E-state index >= 15 is 0 Å². The van der Waals surface area contributed by atoms with Crippen molar-refractivity contribution in [3.05, 3.63) is 109 Å². The molecule has 1 aromatic heterocycles. The lowest BCUT2D eigenvalue weighted by atomic mass is 9.92. The number of aromatic nitrogens is 3. The molecule has 4 aliphatic rings. The highest BCUT2D eigenvalue weighted by atomic mass is 16.6. The summed E-state index contributed by atoms with van der Waals surface area (Å²) in [5, 5.41) is 4.65. The second-order valence-electron chi connectivity index (χ2n) is 9.68. The quantitative estimate of drug-likeness (QED) is 0.541. The highest BCUT2D eigenvalue weighted by molar-refractivity contribution is 6.12. The molecule has 3 unspecified atom stereocenters. The molecule has 2 aromatic carbocycles. The number of aryl methyl sites for hydroxylation is 4. The summed E-state index contributed by atoms with van der Waals surface area (Å²) in [7, 11) is 1.51. The summed E-state index contributed by atoms with van der Waals surface area (Å²) >= 11 is 0. The maximum Gasteiger partial charge on any atom is 0.349 e. The third-order valence-corrected chi connectivity index (χ3v) is 7.24. The van der Waals surface area contributed by atoms with E-state index in [1.165, 1.54) is 16.4 Å². The molecule has 3 atom stereocenters. The van der Waals surface area contributed by atoms with Gasteiger partial charge in [0, 0.05) is 18.3 Å². The third-order valence-electron chi connectivity index (χ3n) is 7.24. The van der Waals surface area contributed by atoms with Crippen LogP contribution in [-0.4, -0.2) is 25.9 Å². The summed E-state index contributed by atoms with van der Waals surface area (Å²) < 4.78 is 4.21. The summed E-state index contributed by atoms with van der Waals surface area (Å²) in [6.07, 6.45) is 7.10. The standard InChI is InChI=1S/C27H27N5O3/c1-16-6-8-20(9-7-16)30-24(23-18(3)14-17(2)15-19(23)4)28-35-22-11-10-21-12-13-27(22,30)32-26(34)29(5)25(33)31(21)32/h6-15,21-22H,1-5H3. The Bertz CT molecular complexity index is 1560. The monoisotopic (exact) mass is 469 g/mol. The van der Waals surface area contributed by atoms with E-state index in [-0.39, 0.29) is 11.7 Å². The molecule has 1 aliphatic carbocycles. The average molecular weight is 470 g/mol. The van der Waals surface area contributed by atoms with Crippen LogP contribution in [0.4, 0.5) is 5.69 Å². The lowest BCUT2D eigenvalue weighted by Crippen LogP contribution is -2.66. The van der Waals surface area contributed by atoms with Gasteiger partial charge in [0.2, 0.25) is 5.66 Å². The van der Waals surface area contributed by atoms with Gasteiger partial charge in [-0.2, -0.15) is 4.68 Å². The second kappa shape index (κ2) is 7.21. The van der Waals surface area contributed by atoms with Crippen LogP contribution in [0.2, 0.25) is 0 Å². The maximum atomic E-state index is 13.6. The van der Waals surface area contributed by atoms with Gasteiger partial charge in [0.1, 0.15) is 0 Å². The van der Waals surface area contributed by atoms with Gasteiger partial charge in [0.15, 0.2) is 11.9 Å². The van der Waals surface area contributed by atoms with Gasteiger partial charge in [0.05, 0.1) is 6.04 Å². The van der Waals surface area contributed by atoms with Crippen molar-refractivity contribution < 1.29 is 4.84 Å². The van der Waals surface area contributed by atoms with Crippen molar-refractivity contribution in [1.29, 1.82) is 0 Å². The van der Waals surface area contributed by atoms with Crippen molar-refractivity contribution >= 4 is 11.5 Å². The Morgan fingerprint density at radius 2 is 1.57 bits per heavy atom. The summed E-state index contributed by atoms with van der Waals surface area (Å²) in [5.41, 5.74) is 4.21. The molecule has 7 rings (SSSR count). The molecule has 0 radical (unpaired) electrons. The summed E-state index contributed by atoms with van der Waals surface area (Å²) in [4.78, 5) is 35.0. The number of anilines is 1. The predicted octanol–water partition coefficient (Wildman–Crippen LogP) is 3.18. The van der Waals surface area contributed by atoms with Gasteiger partial charge in [0.25, 0.3) is 0 Å². The van der Waals surface area contributed by atoms with Crippen molar-refractivity contribution in [1.82, 2.24) is 13.9 Å². The molecule has 35 heavy (non-hydrogen) atoms. The first-order valence-corrected chi connectivity index (χ1v) is 11.7. The number of benzene rings is 2. The Labute approximate surface area is 202 Å². The van der Waals surface area contributed by atoms with Crippen LogP contribution in [0.25, 0.3) is 0 Å². The number of hydrogen-bond donors (Lipinski definition) is 0. The molecule has 178 valence electrons. The molecule has 0 amide bonds. The lowest BCUT2D eigenvalue weighted by molar-refractivity contribution is -0.00104. The van der Waals surface area contributed by atoms with Gasteiger partial charge < -0.3 is 4.84 Å². The predicted molar refractivity (Wildman–Crippen MR) is 135 cm³/mol. The molecular formula is C27H27N5O3. The van der Waals surface area contributed by atoms with E-state index in [9.17, 15) is 9.59 Å². The molecule has 8 heteroatoms. The van der Waals surface area contributed by atoms with Crippen molar-refractivity contribution in [3.8, 4) is 0 Å². The molecule has 0 saturated carbocycles. The summed E-state index contributed by atoms with van der Waals surface area (Å²) in [5.74, 6) is 0.591. The fraction of sp³-hybridized carbons (Fsp3) is 0.296. The fourth-order valence-corrected chi connectivity index (χ4v) is 5.69. The van der Waals surface area contributed by atoms with Crippen LogP contribution in [0.15, 0.2) is 75.4 Å². The largest absolute Gasteiger partial charge is 0.381 e. The fourth-order valence-electron chi connectivity index (χ4n) is 5.69. The molecule has 3 aromatic rings. The van der Waals surface area contributed by atoms with E-state index in [1.807, 2.05) is 60.4 Å². The van der Waals surface area contributed by atoms with Gasteiger partial charge in [-0.3, -0.25) is 4.90 Å². The van der Waals surface area contributed by atoms with Crippen molar-refractivity contribution in [2.45, 2.75) is 45.5 Å². The number of hydrogen-bond acceptors (Lipinski definition) is 5. The van der Waals surface area contributed by atoms with Crippen LogP contribution in [0, 0.1) is 27.7 Å². The second-order valence-corrected chi connectivity index (χ2v) is 9.68. The Balaban J connectivity index is 1.73. The Morgan fingerprint density at radius 3 is 2.26 bits per heavy atom. The smallest absolute Gasteiger partial charge is 0.349 e. The van der Waals surface area contributed by atoms with E-state index in [1.54, 1.807) is 0 Å². The lowest BCUT2D eigenvalue weighted by Gasteiger charge is -2.49. The highest BCUT2D eigenvalue weighted by Crippen LogP contribution is 2.44. The van der Waals surface area contributed by atoms with E-state index in [4.69, 9.17) is 4.84 Å². The van der Waals surface area contributed by atoms with Crippen LogP contribution < -0.4 is 16.3 Å². The Morgan fingerprint density at radius 1 is 0.886 bits per heavy atom. The zero-order valence-corrected chi connectivity index (χ0v) is 20.4. The van der Waals surface area contributed by atoms with Crippen molar-refractivity contribution in [2.24, 2.45) is 12.2 Å². The summed E-state index contributed by atoms with van der Waals surface area (Å²) in [6, 6.07) is 12.0. The van der Waals surface area contributed by atoms with Crippen LogP contribution in [-0.2, 0) is 17.5 Å². The number of allylic oxidation sites excluding steroid dienone is 2. The Kier molecular flexibility index (Phi) is 4.42. The summed E-state index contributed by atoms with van der Waals surface area (Å²) in [6.45, 7) is 8.21. The number of amidine groups is 1. The molecule has 0 fully saturated rings. The zero-order chi connectivity index (χ0) is 24.6. The first-order chi connectivity index (χ1) is 16.7. The molecule has 0 saturated heterocycles. The number of rotatable bonds is 2. The molecule has 8 nitrogen and oxygen atoms in total. The van der Waals surface area contributed by atoms with Crippen LogP contribution in [0.5, 0.6) is 0 Å². The molecular weight excluding hydrogens is 442 g/mol. The van der Waals surface area contributed by atoms with Gasteiger partial charge in [-0.25, -0.2) is 18.8 Å². The van der Waals surface area contributed by atoms with Crippen molar-refractivity contribution in [3.63, 3.8) is 0 Å². The van der Waals surface area contributed by atoms with E-state index in [0.29, 0.717) is 5.84 Å². The van der Waals surface area contributed by atoms with Crippen LogP contribution in [0.1, 0.15) is 33.9 Å². The van der Waals surface area contributed by atoms with Crippen LogP contribution in [0.3, 0.4) is 0 Å². The Hall–Kier alpha value is -4.07. The topological polar surface area (TPSA) is 73.8 Å². The minimum atomic E-state index is -1.17. The normalized spacial score (nSPS) is 24.0. The van der Waals surface area contributed by atoms with E-state index < -0.39 is 17.5 Å². The first-order valence-electron chi connectivity index (χ1n) is 11.7. The molecule has 4 heterocycles. The van der Waals surface area contributed by atoms with E-state index in [0.717, 1.165) is 38.1 Å². The van der Waals surface area contributed by atoms with Gasteiger partial charge >= 0.3 is 11.4 Å². The van der Waals surface area contributed by atoms with Crippen LogP contribution >= 0.6 is 0 Å². The van der Waals surface area contributed by atoms with Gasteiger partial charge in [-0.1, -0.05) is 52.7 Å². The third kappa shape index (κ3) is 2.76. The SMILES string of the molecule is Cc1ccc(N2C(c3c(C)cc(C)cc3C)=NOC3C=CC4C=CC32n2c(=O)n(C)c(=O)n24)cc1. The molecule has 0 N–H and O–H groups in total. The first kappa shape index (κ1) is 21.5. The molecule has 2 bridgehead atoms. The minimum absolute atomic E-state index is 0.371. The maximum absolute atomic E-state index is 13.6.